The molecule has 5 heterocycles. The zero-order valence-corrected chi connectivity index (χ0v) is 27.0. The number of hydrogen-bond acceptors (Lipinski definition) is 15. The monoisotopic (exact) mass is 664 g/mol. The minimum atomic E-state index is -1.66. The molecule has 8 rings (SSSR count). The third-order valence-corrected chi connectivity index (χ3v) is 13.4. The van der Waals surface area contributed by atoms with Crippen LogP contribution < -0.4 is 0 Å². The quantitative estimate of drug-likeness (QED) is 0.217. The molecule has 0 aromatic carbocycles. The van der Waals surface area contributed by atoms with E-state index in [-0.39, 0.29) is 19.6 Å². The molecule has 15 heteroatoms. The Labute approximate surface area is 270 Å². The van der Waals surface area contributed by atoms with Gasteiger partial charge in [0, 0.05) is 48.9 Å². The molecular formula is C32H40O15. The number of rotatable bonds is 5. The summed E-state index contributed by atoms with van der Waals surface area (Å²) in [6.07, 6.45) is -4.72. The Kier molecular flexibility index (Phi) is 6.32. The summed E-state index contributed by atoms with van der Waals surface area (Å²) in [5.41, 5.74) is -8.47. The maximum Gasteiger partial charge on any atom is 0.335 e. The molecule has 0 amide bonds. The molecule has 5 aliphatic heterocycles. The van der Waals surface area contributed by atoms with Gasteiger partial charge in [-0.2, -0.15) is 0 Å². The van der Waals surface area contributed by atoms with Gasteiger partial charge in [-0.1, -0.05) is 6.92 Å². The van der Waals surface area contributed by atoms with Crippen LogP contribution in [-0.2, 0) is 61.8 Å². The lowest BCUT2D eigenvalue weighted by Crippen LogP contribution is -2.77. The number of hydrogen-bond donors (Lipinski definition) is 2. The summed E-state index contributed by atoms with van der Waals surface area (Å²) in [7, 11) is 2.43. The van der Waals surface area contributed by atoms with Gasteiger partial charge in [-0.3, -0.25) is 14.4 Å². The summed E-state index contributed by atoms with van der Waals surface area (Å²) >= 11 is 0. The summed E-state index contributed by atoms with van der Waals surface area (Å²) in [6.45, 7) is 5.58. The Hall–Kier alpha value is -2.82. The highest BCUT2D eigenvalue weighted by molar-refractivity contribution is 5.81. The molecule has 16 atom stereocenters. The summed E-state index contributed by atoms with van der Waals surface area (Å²) in [6, 6.07) is 0. The van der Waals surface area contributed by atoms with Crippen LogP contribution in [-0.4, -0.2) is 121 Å². The predicted molar refractivity (Wildman–Crippen MR) is 149 cm³/mol. The molecule has 0 unspecified atom stereocenters. The van der Waals surface area contributed by atoms with Gasteiger partial charge in [-0.25, -0.2) is 4.79 Å². The first-order valence-corrected chi connectivity index (χ1v) is 16.0. The molecule has 258 valence electrons. The highest BCUT2D eigenvalue weighted by Crippen LogP contribution is 2.82. The molecule has 0 aromatic rings. The van der Waals surface area contributed by atoms with Crippen molar-refractivity contribution in [2.45, 2.75) is 100 Å². The molecule has 4 saturated heterocycles. The fraction of sp³-hybridized carbons (Fsp3) is 0.812. The normalized spacial score (nSPS) is 55.5. The third kappa shape index (κ3) is 3.25. The molecule has 47 heavy (non-hydrogen) atoms. The van der Waals surface area contributed by atoms with Crippen molar-refractivity contribution < 1.29 is 72.0 Å². The summed E-state index contributed by atoms with van der Waals surface area (Å²) in [5, 5.41) is 24.6. The van der Waals surface area contributed by atoms with Gasteiger partial charge >= 0.3 is 23.9 Å². The lowest BCUT2D eigenvalue weighted by molar-refractivity contribution is -0.296. The zero-order chi connectivity index (χ0) is 33.7. The number of carbonyl (C=O) groups is 4. The first-order valence-electron chi connectivity index (χ1n) is 16.0. The van der Waals surface area contributed by atoms with Gasteiger partial charge < -0.3 is 52.8 Å². The van der Waals surface area contributed by atoms with Crippen molar-refractivity contribution in [3.8, 4) is 0 Å². The van der Waals surface area contributed by atoms with Crippen LogP contribution in [0.5, 0.6) is 0 Å². The van der Waals surface area contributed by atoms with Crippen molar-refractivity contribution >= 4 is 23.9 Å². The van der Waals surface area contributed by atoms with Crippen molar-refractivity contribution in [3.05, 3.63) is 12.3 Å². The first-order chi connectivity index (χ1) is 22.1. The molecule has 0 radical (unpaired) electrons. The maximum absolute atomic E-state index is 14.0. The van der Waals surface area contributed by atoms with Crippen LogP contribution in [0.15, 0.2) is 12.3 Å². The van der Waals surface area contributed by atoms with Crippen molar-refractivity contribution in [3.63, 3.8) is 0 Å². The van der Waals surface area contributed by atoms with Crippen LogP contribution in [0.3, 0.4) is 0 Å². The number of methoxy groups -OCH3 is 2. The standard InChI is InChI=1S/C32H40O15/c1-13(33)44-16-10-17(45-14(2)34)30(25(37)40-6)12-42-19-22(30)29(16)11-43-20(24(36)39-5)21(29)27(3,23(19)35)32-18-9-15(28(32,4)47-32)31(38)7-8-41-26(31)46-18/h7-8,15-23,26,35,38H,9-12H2,1-6H3/t15-,16-,17+,18-,19+,20-,21-,22-,23+,26-,27-,28-,29-,30-,31+,32-/m0/s1. The van der Waals surface area contributed by atoms with E-state index >= 15 is 0 Å². The molecule has 0 aromatic heterocycles. The van der Waals surface area contributed by atoms with Crippen LogP contribution in [0.2, 0.25) is 0 Å². The van der Waals surface area contributed by atoms with Crippen LogP contribution in [0, 0.1) is 34.0 Å². The Morgan fingerprint density at radius 1 is 0.915 bits per heavy atom. The van der Waals surface area contributed by atoms with Crippen molar-refractivity contribution in [1.29, 1.82) is 0 Å². The molecular weight excluding hydrogens is 624 g/mol. The molecule has 15 nitrogen and oxygen atoms in total. The molecule has 2 N–H and O–H groups in total. The molecule has 2 bridgehead atoms. The minimum absolute atomic E-state index is 0.144. The highest BCUT2D eigenvalue weighted by Gasteiger charge is 2.95. The van der Waals surface area contributed by atoms with E-state index in [1.165, 1.54) is 34.3 Å². The summed E-state index contributed by atoms with van der Waals surface area (Å²) in [4.78, 5) is 53.0. The number of ether oxygens (including phenoxy) is 9. The second-order valence-corrected chi connectivity index (χ2v) is 14.8. The van der Waals surface area contributed by atoms with Crippen molar-refractivity contribution in [2.75, 3.05) is 27.4 Å². The fourth-order valence-corrected chi connectivity index (χ4v) is 11.9. The van der Waals surface area contributed by atoms with E-state index in [4.69, 9.17) is 42.6 Å². The average Bonchev–Trinajstić information content (AvgIpc) is 3.45. The molecule has 3 saturated carbocycles. The highest BCUT2D eigenvalue weighted by atomic mass is 16.7. The Morgan fingerprint density at radius 2 is 1.62 bits per heavy atom. The predicted octanol–water partition coefficient (Wildman–Crippen LogP) is -0.469. The van der Waals surface area contributed by atoms with Gasteiger partial charge in [0.1, 0.15) is 28.8 Å². The van der Waals surface area contributed by atoms with Gasteiger partial charge in [0.2, 0.25) is 6.29 Å². The number of aliphatic hydroxyl groups excluding tert-OH is 1. The summed E-state index contributed by atoms with van der Waals surface area (Å²) in [5.74, 6) is -5.38. The van der Waals surface area contributed by atoms with Gasteiger partial charge in [-0.05, 0) is 19.4 Å². The second kappa shape index (κ2) is 9.45. The molecule has 7 fully saturated rings. The van der Waals surface area contributed by atoms with Crippen LogP contribution >= 0.6 is 0 Å². The Balaban J connectivity index is 1.37. The zero-order valence-electron chi connectivity index (χ0n) is 27.0. The number of esters is 4. The van der Waals surface area contributed by atoms with E-state index in [1.807, 2.05) is 6.92 Å². The van der Waals surface area contributed by atoms with E-state index in [1.54, 1.807) is 13.0 Å². The average molecular weight is 665 g/mol. The van der Waals surface area contributed by atoms with Crippen molar-refractivity contribution in [1.82, 2.24) is 0 Å². The van der Waals surface area contributed by atoms with Gasteiger partial charge in [0.25, 0.3) is 0 Å². The first kappa shape index (κ1) is 31.4. The largest absolute Gasteiger partial charge is 0.469 e. The third-order valence-electron chi connectivity index (χ3n) is 13.4. The maximum atomic E-state index is 14.0. The van der Waals surface area contributed by atoms with Crippen LogP contribution in [0.4, 0.5) is 0 Å². The number of aliphatic hydroxyl groups is 2. The van der Waals surface area contributed by atoms with Crippen LogP contribution in [0.1, 0.15) is 40.5 Å². The van der Waals surface area contributed by atoms with E-state index in [9.17, 15) is 29.4 Å². The molecule has 8 aliphatic rings. The van der Waals surface area contributed by atoms with Gasteiger partial charge in [-0.15, -0.1) is 0 Å². The lowest BCUT2D eigenvalue weighted by Gasteiger charge is -2.65. The van der Waals surface area contributed by atoms with Gasteiger partial charge in [0.15, 0.2) is 11.7 Å². The molecule has 3 aliphatic carbocycles. The van der Waals surface area contributed by atoms with Crippen molar-refractivity contribution in [2.24, 2.45) is 34.0 Å². The van der Waals surface area contributed by atoms with E-state index in [0.717, 1.165) is 0 Å². The topological polar surface area (TPSA) is 195 Å². The van der Waals surface area contributed by atoms with E-state index in [2.05, 4.69) is 0 Å². The van der Waals surface area contributed by atoms with Crippen LogP contribution in [0.25, 0.3) is 0 Å². The number of epoxide rings is 1. The number of fused-ring (bicyclic) bond motifs is 7. The second-order valence-electron chi connectivity index (χ2n) is 14.8. The SMILES string of the molecule is COC(=O)[C@H]1OC[C@@]23[C@@H](OC(C)=O)C[C@@H](OC(C)=O)[C@@]4(C(=O)OC)CO[C@H]([C@H]42)[C@@H](O)[C@@](C)([C@]24O[C@@]2(C)[C@@H]2C[C@@H]4O[C@@H]4OC=C[C@]42O)[C@H]13. The van der Waals surface area contributed by atoms with Gasteiger partial charge in [0.05, 0.1) is 52.0 Å². The Bertz CT molecular complexity index is 1480. The fourth-order valence-electron chi connectivity index (χ4n) is 11.9. The Morgan fingerprint density at radius 3 is 2.28 bits per heavy atom. The molecule has 1 spiro atoms. The van der Waals surface area contributed by atoms with E-state index in [0.29, 0.717) is 6.42 Å². The lowest BCUT2D eigenvalue weighted by atomic mass is 9.38. The summed E-state index contributed by atoms with van der Waals surface area (Å²) < 4.78 is 54.0. The smallest absolute Gasteiger partial charge is 0.335 e. The number of carbonyl (C=O) groups excluding carboxylic acids is 4. The van der Waals surface area contributed by atoms with E-state index < -0.39 is 118 Å². The minimum Gasteiger partial charge on any atom is -0.469 e.